The monoisotopic (exact) mass is 334 g/mol. The van der Waals surface area contributed by atoms with Crippen molar-refractivity contribution in [3.8, 4) is 0 Å². The summed E-state index contributed by atoms with van der Waals surface area (Å²) in [6, 6.07) is 12.0. The second-order valence-corrected chi connectivity index (χ2v) is 6.13. The molecule has 0 spiro atoms. The molecule has 0 radical (unpaired) electrons. The van der Waals surface area contributed by atoms with E-state index in [4.69, 9.17) is 0 Å². The summed E-state index contributed by atoms with van der Waals surface area (Å²) in [5, 5.41) is 7.27. The first kappa shape index (κ1) is 14.6. The lowest BCUT2D eigenvalue weighted by atomic mass is 10.2. The van der Waals surface area contributed by atoms with Crippen molar-refractivity contribution in [1.82, 2.24) is 15.0 Å². The van der Waals surface area contributed by atoms with Crippen LogP contribution in [-0.4, -0.2) is 21.3 Å². The van der Waals surface area contributed by atoms with Gasteiger partial charge >= 0.3 is 0 Å². The molecule has 24 heavy (non-hydrogen) atoms. The molecule has 2 aromatic heterocycles. The van der Waals surface area contributed by atoms with Gasteiger partial charge in [-0.3, -0.25) is 4.99 Å². The summed E-state index contributed by atoms with van der Waals surface area (Å²) in [6.45, 7) is 0.590. The minimum Gasteiger partial charge on any atom is -0.337 e. The molecule has 0 unspecified atom stereocenters. The Bertz CT molecular complexity index is 881. The third-order valence-corrected chi connectivity index (χ3v) is 4.48. The quantitative estimate of drug-likeness (QED) is 0.438. The fourth-order valence-corrected chi connectivity index (χ4v) is 3.17. The number of nitrogens with zero attached hydrogens (tertiary/aromatic N) is 4. The molecule has 7 heteroatoms. The Morgan fingerprint density at radius 2 is 2.04 bits per heavy atom. The highest BCUT2D eigenvalue weighted by atomic mass is 32.2. The van der Waals surface area contributed by atoms with Crippen molar-refractivity contribution in [3.63, 3.8) is 0 Å². The highest BCUT2D eigenvalue weighted by Gasteiger charge is 2.17. The molecule has 1 aromatic carbocycles. The third-order valence-electron chi connectivity index (χ3n) is 3.41. The van der Waals surface area contributed by atoms with E-state index >= 15 is 0 Å². The van der Waals surface area contributed by atoms with Crippen LogP contribution in [0.4, 0.5) is 17.3 Å². The maximum atomic E-state index is 4.39. The number of hydrogen-bond acceptors (Lipinski definition) is 6. The summed E-state index contributed by atoms with van der Waals surface area (Å²) in [5.74, 6) is 1.58. The van der Waals surface area contributed by atoms with Gasteiger partial charge in [0, 0.05) is 23.5 Å². The number of pyridine rings is 1. The lowest BCUT2D eigenvalue weighted by Gasteiger charge is -2.19. The smallest absolute Gasteiger partial charge is 0.163 e. The van der Waals surface area contributed by atoms with Crippen LogP contribution in [0.2, 0.25) is 0 Å². The van der Waals surface area contributed by atoms with E-state index in [-0.39, 0.29) is 0 Å². The molecule has 118 valence electrons. The van der Waals surface area contributed by atoms with Crippen LogP contribution in [0.25, 0.3) is 0 Å². The van der Waals surface area contributed by atoms with Gasteiger partial charge in [-0.2, -0.15) is 0 Å². The van der Waals surface area contributed by atoms with Crippen LogP contribution in [0.5, 0.6) is 0 Å². The van der Waals surface area contributed by atoms with E-state index in [2.05, 4.69) is 48.8 Å². The van der Waals surface area contributed by atoms with Gasteiger partial charge in [-0.15, -0.1) is 0 Å². The van der Waals surface area contributed by atoms with E-state index < -0.39 is 0 Å². The summed E-state index contributed by atoms with van der Waals surface area (Å²) in [4.78, 5) is 18.4. The molecule has 2 N–H and O–H groups in total. The highest BCUT2D eigenvalue weighted by Crippen LogP contribution is 2.41. The van der Waals surface area contributed by atoms with E-state index in [1.54, 1.807) is 36.7 Å². The number of aliphatic imine (C=N–C) groups is 1. The topological polar surface area (TPSA) is 75.1 Å². The second-order valence-electron chi connectivity index (χ2n) is 5.10. The van der Waals surface area contributed by atoms with Crippen LogP contribution in [-0.2, 0) is 6.54 Å². The maximum Gasteiger partial charge on any atom is 0.163 e. The van der Waals surface area contributed by atoms with E-state index in [1.807, 2.05) is 18.2 Å². The molecule has 0 bridgehead atoms. The Morgan fingerprint density at radius 3 is 2.96 bits per heavy atom. The lowest BCUT2D eigenvalue weighted by molar-refractivity contribution is 1.04. The van der Waals surface area contributed by atoms with Gasteiger partial charge in [0.1, 0.15) is 10.8 Å². The Hall–Kier alpha value is -2.93. The Balaban J connectivity index is 1.43. The Labute approximate surface area is 143 Å². The zero-order valence-electron chi connectivity index (χ0n) is 12.7. The molecule has 3 aromatic rings. The van der Waals surface area contributed by atoms with Crippen molar-refractivity contribution < 1.29 is 0 Å². The third kappa shape index (κ3) is 3.21. The number of aromatic nitrogens is 3. The van der Waals surface area contributed by atoms with Crippen molar-refractivity contribution in [3.05, 3.63) is 60.6 Å². The number of fused-ring (bicyclic) bond motifs is 2. The molecule has 4 rings (SSSR count). The minimum atomic E-state index is 0.590. The van der Waals surface area contributed by atoms with Gasteiger partial charge in [0.25, 0.3) is 0 Å². The van der Waals surface area contributed by atoms with Gasteiger partial charge in [-0.05, 0) is 29.8 Å². The Kier molecular flexibility index (Phi) is 4.07. The fraction of sp³-hybridized carbons (Fsp3) is 0.0588. The normalized spacial score (nSPS) is 12.3. The van der Waals surface area contributed by atoms with Crippen LogP contribution < -0.4 is 10.6 Å². The van der Waals surface area contributed by atoms with Gasteiger partial charge in [-0.1, -0.05) is 23.9 Å². The number of rotatable bonds is 4. The van der Waals surface area contributed by atoms with Crippen LogP contribution in [0.15, 0.2) is 69.9 Å². The summed E-state index contributed by atoms with van der Waals surface area (Å²) in [6.07, 6.45) is 6.81. The molecular weight excluding hydrogens is 320 g/mol. The van der Waals surface area contributed by atoms with Crippen LogP contribution >= 0.6 is 11.8 Å². The average Bonchev–Trinajstić information content (AvgIpc) is 2.64. The second kappa shape index (κ2) is 6.67. The first-order valence-electron chi connectivity index (χ1n) is 7.43. The summed E-state index contributed by atoms with van der Waals surface area (Å²) < 4.78 is 0. The van der Waals surface area contributed by atoms with Crippen molar-refractivity contribution >= 4 is 35.4 Å². The number of nitrogens with one attached hydrogen (secondary N) is 2. The van der Waals surface area contributed by atoms with Gasteiger partial charge in [0.15, 0.2) is 5.82 Å². The van der Waals surface area contributed by atoms with E-state index in [1.165, 1.54) is 0 Å². The highest BCUT2D eigenvalue weighted by molar-refractivity contribution is 7.99. The molecular formula is C17H14N6S. The number of benzene rings is 1. The Morgan fingerprint density at radius 1 is 1.08 bits per heavy atom. The van der Waals surface area contributed by atoms with E-state index in [9.17, 15) is 0 Å². The summed E-state index contributed by atoms with van der Waals surface area (Å²) in [7, 11) is 0. The van der Waals surface area contributed by atoms with Crippen LogP contribution in [0, 0.1) is 0 Å². The first-order valence-corrected chi connectivity index (χ1v) is 8.25. The average molecular weight is 334 g/mol. The fourth-order valence-electron chi connectivity index (χ4n) is 2.29. The molecule has 0 atom stereocenters. The first-order chi connectivity index (χ1) is 11.9. The minimum absolute atomic E-state index is 0.590. The summed E-state index contributed by atoms with van der Waals surface area (Å²) >= 11 is 1.62. The van der Waals surface area contributed by atoms with Crippen LogP contribution in [0.1, 0.15) is 5.56 Å². The van der Waals surface area contributed by atoms with Crippen molar-refractivity contribution in [2.45, 2.75) is 16.5 Å². The lowest BCUT2D eigenvalue weighted by Crippen LogP contribution is -2.04. The molecule has 0 saturated heterocycles. The van der Waals surface area contributed by atoms with Gasteiger partial charge in [-0.25, -0.2) is 15.0 Å². The maximum absolute atomic E-state index is 4.39. The molecule has 1 aliphatic heterocycles. The van der Waals surface area contributed by atoms with Crippen LogP contribution in [0.3, 0.4) is 0 Å². The number of anilines is 3. The van der Waals surface area contributed by atoms with E-state index in [0.29, 0.717) is 6.54 Å². The van der Waals surface area contributed by atoms with Gasteiger partial charge < -0.3 is 10.6 Å². The zero-order chi connectivity index (χ0) is 16.2. The largest absolute Gasteiger partial charge is 0.337 e. The van der Waals surface area contributed by atoms with E-state index in [0.717, 1.165) is 32.8 Å². The molecule has 1 aliphatic rings. The molecule has 0 fully saturated rings. The number of hydrogen-bond donors (Lipinski definition) is 2. The zero-order valence-corrected chi connectivity index (χ0v) is 13.5. The predicted octanol–water partition coefficient (Wildman–Crippen LogP) is 3.72. The van der Waals surface area contributed by atoms with Crippen molar-refractivity contribution in [1.29, 1.82) is 0 Å². The molecule has 0 aliphatic carbocycles. The molecule has 6 nitrogen and oxygen atoms in total. The van der Waals surface area contributed by atoms with Crippen molar-refractivity contribution in [2.24, 2.45) is 4.99 Å². The van der Waals surface area contributed by atoms with Gasteiger partial charge in [0.05, 0.1) is 18.6 Å². The van der Waals surface area contributed by atoms with Gasteiger partial charge in [0.2, 0.25) is 0 Å². The SMILES string of the molecule is C(=NCc1ccc2c(c1)Nc1nccnc1S2)Nc1ccccn1. The summed E-state index contributed by atoms with van der Waals surface area (Å²) in [5.41, 5.74) is 2.16. The standard InChI is InChI=1S/C17H14N6S/c1-2-6-19-15(3-1)22-11-18-10-12-4-5-14-13(9-12)23-16-17(24-14)21-8-7-20-16/h1-9,11H,10H2,(H,20,23)(H,18,19,22). The molecule has 0 saturated carbocycles. The van der Waals surface area contributed by atoms with Crippen molar-refractivity contribution in [2.75, 3.05) is 10.6 Å². The molecule has 0 amide bonds. The molecule has 3 heterocycles. The predicted molar refractivity (Wildman–Crippen MR) is 95.9 cm³/mol.